The van der Waals surface area contributed by atoms with Gasteiger partial charge in [-0.3, -0.25) is 0 Å². The fourth-order valence-electron chi connectivity index (χ4n) is 2.62. The average Bonchev–Trinajstić information content (AvgIpc) is 3.19. The van der Waals surface area contributed by atoms with E-state index in [1.807, 2.05) is 0 Å². The van der Waals surface area contributed by atoms with Crippen molar-refractivity contribution in [3.63, 3.8) is 0 Å². The van der Waals surface area contributed by atoms with Crippen molar-refractivity contribution in [3.8, 4) is 0 Å². The smallest absolute Gasteiger partial charge is 0.337 e. The predicted molar refractivity (Wildman–Crippen MR) is 102 cm³/mol. The number of hydrogen-bond acceptors (Lipinski definition) is 4. The quantitative estimate of drug-likeness (QED) is 0.202. The Morgan fingerprint density at radius 2 is 1.48 bits per heavy atom. The first-order chi connectivity index (χ1) is 14.0. The third kappa shape index (κ3) is 4.23. The second-order valence-corrected chi connectivity index (χ2v) is 7.93. The fourth-order valence-corrected chi connectivity index (χ4v) is 4.51. The highest BCUT2D eigenvalue weighted by Gasteiger charge is 2.20. The molecule has 0 unspecified atom stereocenters. The molecule has 0 bridgehead atoms. The number of aromatic amines is 2. The molecule has 0 aliphatic heterocycles. The minimum absolute atomic E-state index is 0.158. The van der Waals surface area contributed by atoms with Gasteiger partial charge in [0.1, 0.15) is 0 Å². The van der Waals surface area contributed by atoms with Crippen LogP contribution in [0, 0.1) is 23.3 Å². The standard InChI is InChI=1S/C19H12F4N4S2/c20-12-5-1-3-10(14(12)22)7-28-18-16-17(25-9-24-16)26-19(27-18)29-8-11-4-2-6-13(21)15(11)23/h1-6,9H,7-8H2,(H,24,25,26,27)/p+1. The van der Waals surface area contributed by atoms with Gasteiger partial charge in [0, 0.05) is 22.6 Å². The maximum Gasteiger partial charge on any atom is 0.360 e. The third-order valence-electron chi connectivity index (χ3n) is 4.07. The molecule has 2 N–H and O–H groups in total. The second kappa shape index (κ2) is 8.42. The Hall–Kier alpha value is -2.59. The van der Waals surface area contributed by atoms with Gasteiger partial charge in [-0.15, -0.1) is 0 Å². The third-order valence-corrected chi connectivity index (χ3v) is 6.05. The summed E-state index contributed by atoms with van der Waals surface area (Å²) in [4.78, 5) is 14.5. The molecule has 0 amide bonds. The molecule has 4 rings (SSSR count). The van der Waals surface area contributed by atoms with Gasteiger partial charge in [-0.05, 0) is 28.9 Å². The van der Waals surface area contributed by atoms with E-state index in [0.29, 0.717) is 21.3 Å². The number of nitrogens with zero attached hydrogens (tertiary/aromatic N) is 2. The van der Waals surface area contributed by atoms with E-state index in [9.17, 15) is 17.6 Å². The number of nitrogens with one attached hydrogen (secondary N) is 2. The SMILES string of the molecule is Fc1cccc(CSc2nc3nc[nH]c3c(SCc3cccc(F)c3F)[nH+]2)c1F. The van der Waals surface area contributed by atoms with Crippen molar-refractivity contribution in [2.24, 2.45) is 0 Å². The van der Waals surface area contributed by atoms with E-state index in [0.717, 1.165) is 12.1 Å². The summed E-state index contributed by atoms with van der Waals surface area (Å²) in [7, 11) is 0. The molecule has 0 saturated carbocycles. The Morgan fingerprint density at radius 1 is 0.862 bits per heavy atom. The van der Waals surface area contributed by atoms with Gasteiger partial charge >= 0.3 is 5.16 Å². The van der Waals surface area contributed by atoms with E-state index >= 15 is 0 Å². The molecule has 29 heavy (non-hydrogen) atoms. The topological polar surface area (TPSA) is 55.7 Å². The van der Waals surface area contributed by atoms with Crippen LogP contribution in [-0.2, 0) is 11.5 Å². The van der Waals surface area contributed by atoms with E-state index in [1.165, 1.54) is 54.1 Å². The number of imidazole rings is 1. The van der Waals surface area contributed by atoms with Crippen molar-refractivity contribution in [2.75, 3.05) is 0 Å². The highest BCUT2D eigenvalue weighted by Crippen LogP contribution is 2.28. The Labute approximate surface area is 171 Å². The molecule has 0 atom stereocenters. The van der Waals surface area contributed by atoms with E-state index in [2.05, 4.69) is 19.9 Å². The number of halogens is 4. The summed E-state index contributed by atoms with van der Waals surface area (Å²) in [5, 5.41) is 1.06. The van der Waals surface area contributed by atoms with Crippen LogP contribution in [0.1, 0.15) is 11.1 Å². The molecule has 4 nitrogen and oxygen atoms in total. The summed E-state index contributed by atoms with van der Waals surface area (Å²) in [6.45, 7) is 0. The lowest BCUT2D eigenvalue weighted by Gasteiger charge is -2.04. The first-order valence-electron chi connectivity index (χ1n) is 8.40. The summed E-state index contributed by atoms with van der Waals surface area (Å²) in [6, 6.07) is 8.03. The lowest BCUT2D eigenvalue weighted by Crippen LogP contribution is -2.13. The van der Waals surface area contributed by atoms with Crippen molar-refractivity contribution >= 4 is 34.7 Å². The van der Waals surface area contributed by atoms with E-state index in [4.69, 9.17) is 0 Å². The summed E-state index contributed by atoms with van der Waals surface area (Å²) in [6.07, 6.45) is 1.47. The number of aromatic nitrogens is 4. The van der Waals surface area contributed by atoms with Gasteiger partial charge in [-0.1, -0.05) is 36.0 Å². The molecular weight excluding hydrogens is 424 g/mol. The lowest BCUT2D eigenvalue weighted by molar-refractivity contribution is -0.476. The number of H-pyrrole nitrogens is 2. The fraction of sp³-hybridized carbons (Fsp3) is 0.105. The van der Waals surface area contributed by atoms with Crippen LogP contribution in [0.2, 0.25) is 0 Å². The zero-order valence-electron chi connectivity index (χ0n) is 14.7. The van der Waals surface area contributed by atoms with Crippen LogP contribution >= 0.6 is 23.5 Å². The summed E-state index contributed by atoms with van der Waals surface area (Å²) in [5.41, 5.74) is 1.48. The van der Waals surface area contributed by atoms with E-state index in [-0.39, 0.29) is 22.6 Å². The van der Waals surface area contributed by atoms with Gasteiger partial charge in [0.15, 0.2) is 33.8 Å². The molecule has 2 aromatic carbocycles. The molecule has 2 heterocycles. The van der Waals surface area contributed by atoms with Crippen molar-refractivity contribution < 1.29 is 22.5 Å². The number of fused-ring (bicyclic) bond motifs is 1. The number of rotatable bonds is 6. The van der Waals surface area contributed by atoms with Crippen molar-refractivity contribution in [1.29, 1.82) is 0 Å². The Balaban J connectivity index is 1.57. The average molecular weight is 437 g/mol. The first kappa shape index (κ1) is 19.7. The van der Waals surface area contributed by atoms with Gasteiger partial charge in [-0.2, -0.15) is 4.98 Å². The van der Waals surface area contributed by atoms with E-state index in [1.54, 1.807) is 0 Å². The van der Waals surface area contributed by atoms with Gasteiger partial charge in [-0.25, -0.2) is 22.5 Å². The van der Waals surface area contributed by atoms with Gasteiger partial charge < -0.3 is 4.98 Å². The molecule has 0 radical (unpaired) electrons. The summed E-state index contributed by atoms with van der Waals surface area (Å²) >= 11 is 2.43. The summed E-state index contributed by atoms with van der Waals surface area (Å²) in [5.74, 6) is -3.24. The minimum atomic E-state index is -0.906. The van der Waals surface area contributed by atoms with Gasteiger partial charge in [0.05, 0.1) is 6.33 Å². The molecule has 0 saturated heterocycles. The molecule has 4 aromatic rings. The highest BCUT2D eigenvalue weighted by atomic mass is 32.2. The molecule has 0 spiro atoms. The highest BCUT2D eigenvalue weighted by molar-refractivity contribution is 7.99. The van der Waals surface area contributed by atoms with Crippen molar-refractivity contribution in [2.45, 2.75) is 21.7 Å². The van der Waals surface area contributed by atoms with Crippen LogP contribution in [0.25, 0.3) is 11.2 Å². The van der Waals surface area contributed by atoms with Crippen molar-refractivity contribution in [3.05, 3.63) is 77.1 Å². The van der Waals surface area contributed by atoms with Gasteiger partial charge in [0.25, 0.3) is 5.65 Å². The molecule has 148 valence electrons. The van der Waals surface area contributed by atoms with Crippen LogP contribution in [0.3, 0.4) is 0 Å². The molecule has 0 fully saturated rings. The lowest BCUT2D eigenvalue weighted by atomic mass is 10.2. The Kier molecular flexibility index (Phi) is 5.72. The molecular formula is C19H13F4N4S2+. The number of hydrogen-bond donors (Lipinski definition) is 1. The van der Waals surface area contributed by atoms with E-state index < -0.39 is 23.3 Å². The Morgan fingerprint density at radius 3 is 2.14 bits per heavy atom. The van der Waals surface area contributed by atoms with Crippen LogP contribution in [0.5, 0.6) is 0 Å². The Bertz CT molecular complexity index is 1180. The second-order valence-electron chi connectivity index (χ2n) is 5.98. The van der Waals surface area contributed by atoms with Crippen LogP contribution in [-0.4, -0.2) is 15.0 Å². The monoisotopic (exact) mass is 437 g/mol. The maximum absolute atomic E-state index is 13.9. The largest absolute Gasteiger partial charge is 0.360 e. The van der Waals surface area contributed by atoms with Crippen LogP contribution < -0.4 is 4.98 Å². The zero-order valence-corrected chi connectivity index (χ0v) is 16.3. The number of benzene rings is 2. The van der Waals surface area contributed by atoms with Crippen molar-refractivity contribution in [1.82, 2.24) is 15.0 Å². The molecule has 0 aliphatic rings. The zero-order chi connectivity index (χ0) is 20.4. The first-order valence-corrected chi connectivity index (χ1v) is 10.4. The predicted octanol–water partition coefficient (Wildman–Crippen LogP) is 4.91. The normalized spacial score (nSPS) is 11.3. The number of thioether (sulfide) groups is 2. The van der Waals surface area contributed by atoms with Crippen LogP contribution in [0.4, 0.5) is 17.6 Å². The molecule has 2 aromatic heterocycles. The van der Waals surface area contributed by atoms with Crippen LogP contribution in [0.15, 0.2) is 52.9 Å². The maximum atomic E-state index is 13.9. The van der Waals surface area contributed by atoms with Gasteiger partial charge in [0.2, 0.25) is 0 Å². The minimum Gasteiger partial charge on any atom is -0.337 e. The molecule has 10 heteroatoms. The molecule has 0 aliphatic carbocycles. The summed E-state index contributed by atoms with van der Waals surface area (Å²) < 4.78 is 54.6.